The monoisotopic (exact) mass is 186 g/mol. The van der Waals surface area contributed by atoms with E-state index >= 15 is 0 Å². The van der Waals surface area contributed by atoms with Gasteiger partial charge in [0.05, 0.1) is 0 Å². The minimum atomic E-state index is 1.11. The fraction of sp³-hybridized carbons (Fsp3) is 0.143. The minimum absolute atomic E-state index is 1.11. The van der Waals surface area contributed by atoms with E-state index in [0.29, 0.717) is 0 Å². The molecule has 68 valence electrons. The van der Waals surface area contributed by atoms with E-state index in [1.165, 1.54) is 32.1 Å². The molecule has 3 rings (SSSR count). The van der Waals surface area contributed by atoms with Gasteiger partial charge in [0.25, 0.3) is 0 Å². The normalized spacial score (nSPS) is 12.5. The number of hydrogen-bond acceptors (Lipinski definition) is 0. The fourth-order valence-electron chi connectivity index (χ4n) is 2.58. The Morgan fingerprint density at radius 2 is 1.87 bits per heavy atom. The van der Waals surface area contributed by atoms with Crippen molar-refractivity contribution >= 4 is 22.0 Å². The Morgan fingerprint density at radius 3 is 2.73 bits per heavy atom. The van der Waals surface area contributed by atoms with E-state index in [4.69, 9.17) is 0 Å². The first-order valence-corrected chi connectivity index (χ1v) is 5.45. The Hall–Kier alpha value is -0.963. The van der Waals surface area contributed by atoms with E-state index in [0.717, 1.165) is 6.42 Å². The molecule has 0 heterocycles. The Bertz CT molecular complexity index is 541. The quantitative estimate of drug-likeness (QED) is 0.473. The first-order valence-electron chi connectivity index (χ1n) is 5.45. The van der Waals surface area contributed by atoms with Gasteiger partial charge in [0.2, 0.25) is 0 Å². The zero-order valence-electron chi connectivity index (χ0n) is 9.17. The molecular weight excluding hydrogens is 175 g/mol. The molecule has 1 aliphatic carbocycles. The summed E-state index contributed by atoms with van der Waals surface area (Å²) in [7, 11) is 0. The van der Waals surface area contributed by atoms with Gasteiger partial charge in [-0.3, -0.25) is 0 Å². The molecule has 0 saturated carbocycles. The van der Waals surface area contributed by atoms with Crippen molar-refractivity contribution in [3.05, 3.63) is 53.1 Å². The Balaban J connectivity index is 2.37. The number of benzene rings is 2. The Morgan fingerprint density at radius 1 is 1.07 bits per heavy atom. The van der Waals surface area contributed by atoms with Gasteiger partial charge in [0, 0.05) is 0 Å². The molecule has 0 bridgehead atoms. The van der Waals surface area contributed by atoms with Crippen LogP contribution in [0.2, 0.25) is 0 Å². The van der Waals surface area contributed by atoms with Crippen molar-refractivity contribution in [3.8, 4) is 11.1 Å². The molecule has 1 aliphatic rings. The number of rotatable bonds is 0. The zero-order valence-corrected chi connectivity index (χ0v) is 9.17. The third-order valence-corrected chi connectivity index (χ3v) is 3.41. The van der Waals surface area contributed by atoms with E-state index in [1.54, 1.807) is 0 Å². The van der Waals surface area contributed by atoms with Crippen LogP contribution in [-0.2, 0) is 6.42 Å². The summed E-state index contributed by atoms with van der Waals surface area (Å²) < 4.78 is 1.42. The molecule has 0 amide bonds. The van der Waals surface area contributed by atoms with Gasteiger partial charge in [-0.15, -0.1) is 0 Å². The molecule has 0 radical (unpaired) electrons. The molecular formula is C14H11Li. The maximum atomic E-state index is 2.24. The molecule has 0 N–H and O–H groups in total. The van der Waals surface area contributed by atoms with Crippen molar-refractivity contribution in [2.75, 3.05) is 0 Å². The molecule has 0 spiro atoms. The summed E-state index contributed by atoms with van der Waals surface area (Å²) in [5.74, 6) is 0. The topological polar surface area (TPSA) is 0 Å². The fourth-order valence-corrected chi connectivity index (χ4v) is 2.58. The van der Waals surface area contributed by atoms with Crippen molar-refractivity contribution in [2.45, 2.75) is 13.3 Å². The van der Waals surface area contributed by atoms with E-state index in [2.05, 4.69) is 61.0 Å². The second-order valence-electron chi connectivity index (χ2n) is 4.39. The van der Waals surface area contributed by atoms with Gasteiger partial charge >= 0.3 is 99.5 Å². The maximum absolute atomic E-state index is 2.24. The van der Waals surface area contributed by atoms with E-state index in [-0.39, 0.29) is 0 Å². The predicted molar refractivity (Wildman–Crippen MR) is 64.8 cm³/mol. The van der Waals surface area contributed by atoms with Gasteiger partial charge in [-0.2, -0.15) is 0 Å². The van der Waals surface area contributed by atoms with Crippen LogP contribution in [0.25, 0.3) is 11.1 Å². The molecule has 2 aromatic rings. The molecule has 0 saturated heterocycles. The summed E-state index contributed by atoms with van der Waals surface area (Å²) in [5, 5.41) is 0. The average Bonchev–Trinajstić information content (AvgIpc) is 2.64. The van der Waals surface area contributed by atoms with Crippen LogP contribution in [0.4, 0.5) is 0 Å². The molecule has 2 aromatic carbocycles. The molecule has 0 aliphatic heterocycles. The molecule has 0 unspecified atom stereocenters. The van der Waals surface area contributed by atoms with Gasteiger partial charge in [-0.25, -0.2) is 0 Å². The number of aryl methyl sites for hydroxylation is 1. The van der Waals surface area contributed by atoms with Crippen molar-refractivity contribution in [3.63, 3.8) is 0 Å². The van der Waals surface area contributed by atoms with Crippen LogP contribution < -0.4 is 4.24 Å². The summed E-state index contributed by atoms with van der Waals surface area (Å²) in [6.07, 6.45) is 1.11. The molecule has 15 heavy (non-hydrogen) atoms. The van der Waals surface area contributed by atoms with E-state index in [9.17, 15) is 0 Å². The van der Waals surface area contributed by atoms with Crippen molar-refractivity contribution < 1.29 is 0 Å². The van der Waals surface area contributed by atoms with E-state index in [1.807, 2.05) is 0 Å². The molecule has 0 fully saturated rings. The Kier molecular flexibility index (Phi) is 2.02. The summed E-state index contributed by atoms with van der Waals surface area (Å²) in [6, 6.07) is 13.2. The molecule has 0 atom stereocenters. The van der Waals surface area contributed by atoms with E-state index < -0.39 is 0 Å². The number of hydrogen-bond donors (Lipinski definition) is 0. The molecule has 1 heteroatoms. The summed E-state index contributed by atoms with van der Waals surface area (Å²) in [4.78, 5) is 0. The average molecular weight is 186 g/mol. The zero-order chi connectivity index (χ0) is 10.4. The van der Waals surface area contributed by atoms with Crippen LogP contribution >= 0.6 is 0 Å². The Labute approximate surface area is 99.5 Å². The second kappa shape index (κ2) is 3.27. The molecule has 0 nitrogen and oxygen atoms in total. The van der Waals surface area contributed by atoms with Crippen molar-refractivity contribution in [1.82, 2.24) is 0 Å². The summed E-state index contributed by atoms with van der Waals surface area (Å²) in [6.45, 7) is 2.21. The van der Waals surface area contributed by atoms with Crippen LogP contribution in [0, 0.1) is 6.92 Å². The van der Waals surface area contributed by atoms with Gasteiger partial charge < -0.3 is 0 Å². The third-order valence-electron chi connectivity index (χ3n) is 3.41. The van der Waals surface area contributed by atoms with Crippen LogP contribution in [-0.4, -0.2) is 17.7 Å². The third kappa shape index (κ3) is 1.29. The van der Waals surface area contributed by atoms with Gasteiger partial charge in [0.1, 0.15) is 0 Å². The predicted octanol–water partition coefficient (Wildman–Crippen LogP) is 2.36. The summed E-state index contributed by atoms with van der Waals surface area (Å²) >= 11 is 2.21. The van der Waals surface area contributed by atoms with Crippen LogP contribution in [0.15, 0.2) is 36.4 Å². The van der Waals surface area contributed by atoms with Crippen molar-refractivity contribution in [2.24, 2.45) is 0 Å². The van der Waals surface area contributed by atoms with Crippen LogP contribution in [0.3, 0.4) is 0 Å². The standard InChI is InChI=1S/C14H11.Li/c1-10-5-4-7-12-9-11-6-2-3-8-13(11)14(10)12;/h2-6,8H,9H2,1H3;. The SMILES string of the molecule is [Li][c]1ccc(C)c2c1Cc1ccccc1-2. The summed E-state index contributed by atoms with van der Waals surface area (Å²) in [5.41, 5.74) is 7.32. The molecule has 0 aromatic heterocycles. The second-order valence-corrected chi connectivity index (χ2v) is 4.39. The van der Waals surface area contributed by atoms with Gasteiger partial charge in [0.15, 0.2) is 0 Å². The van der Waals surface area contributed by atoms with Gasteiger partial charge in [-0.05, 0) is 0 Å². The van der Waals surface area contributed by atoms with Gasteiger partial charge in [-0.1, -0.05) is 0 Å². The first-order chi connectivity index (χ1) is 7.27. The van der Waals surface area contributed by atoms with Crippen molar-refractivity contribution in [1.29, 1.82) is 0 Å². The number of fused-ring (bicyclic) bond motifs is 3. The van der Waals surface area contributed by atoms with Crippen LogP contribution in [0.1, 0.15) is 16.7 Å². The van der Waals surface area contributed by atoms with Crippen LogP contribution in [0.5, 0.6) is 0 Å². The first kappa shape index (κ1) is 9.28.